The maximum absolute atomic E-state index is 12.8. The van der Waals surface area contributed by atoms with Crippen molar-refractivity contribution in [1.82, 2.24) is 24.6 Å². The Morgan fingerprint density at radius 3 is 2.50 bits per heavy atom. The van der Waals surface area contributed by atoms with Gasteiger partial charge in [0.1, 0.15) is 0 Å². The summed E-state index contributed by atoms with van der Waals surface area (Å²) in [4.78, 5) is 21.1. The largest absolute Gasteiger partial charge is 0.336 e. The fraction of sp³-hybridized carbons (Fsp3) is 0.286. The van der Waals surface area contributed by atoms with Crippen LogP contribution in [0.1, 0.15) is 21.5 Å². The average Bonchev–Trinajstić information content (AvgIpc) is 3.19. The number of benzene rings is 1. The number of rotatable bonds is 5. The molecule has 1 fully saturated rings. The highest BCUT2D eigenvalue weighted by Gasteiger charge is 2.23. The Bertz CT molecular complexity index is 935. The Morgan fingerprint density at radius 1 is 1.00 bits per heavy atom. The van der Waals surface area contributed by atoms with Gasteiger partial charge in [-0.3, -0.25) is 19.4 Å². The molecular formula is C21H22ClN5O. The van der Waals surface area contributed by atoms with Crippen molar-refractivity contribution in [1.29, 1.82) is 0 Å². The molecule has 28 heavy (non-hydrogen) atoms. The predicted octanol–water partition coefficient (Wildman–Crippen LogP) is 2.94. The standard InChI is InChI=1S/C21H22ClN5O/c22-20-4-2-1-3-18(20)15-27-16-19(13-24-27)21(28)26-11-9-25(10-12-26)14-17-5-7-23-8-6-17/h1-8,13,16H,9-12,14-15H2. The van der Waals surface area contributed by atoms with Gasteiger partial charge in [0.2, 0.25) is 0 Å². The van der Waals surface area contributed by atoms with E-state index in [0.29, 0.717) is 17.1 Å². The number of nitrogens with zero attached hydrogens (tertiary/aromatic N) is 5. The molecule has 0 bridgehead atoms. The van der Waals surface area contributed by atoms with E-state index in [4.69, 9.17) is 11.6 Å². The van der Waals surface area contributed by atoms with E-state index >= 15 is 0 Å². The molecule has 0 atom stereocenters. The summed E-state index contributed by atoms with van der Waals surface area (Å²) in [6, 6.07) is 11.7. The van der Waals surface area contributed by atoms with Gasteiger partial charge in [0.25, 0.3) is 5.91 Å². The lowest BCUT2D eigenvalue weighted by Crippen LogP contribution is -2.48. The number of hydrogen-bond donors (Lipinski definition) is 0. The number of carbonyl (C=O) groups excluding carboxylic acids is 1. The molecule has 144 valence electrons. The van der Waals surface area contributed by atoms with Crippen molar-refractivity contribution in [2.24, 2.45) is 0 Å². The molecule has 0 spiro atoms. The Hall–Kier alpha value is -2.70. The average molecular weight is 396 g/mol. The van der Waals surface area contributed by atoms with E-state index in [1.54, 1.807) is 17.1 Å². The van der Waals surface area contributed by atoms with Crippen LogP contribution in [-0.4, -0.2) is 56.7 Å². The van der Waals surface area contributed by atoms with E-state index in [1.165, 1.54) is 5.56 Å². The van der Waals surface area contributed by atoms with E-state index in [1.807, 2.05) is 53.7 Å². The van der Waals surface area contributed by atoms with Crippen LogP contribution in [0.15, 0.2) is 61.2 Å². The van der Waals surface area contributed by atoms with Gasteiger partial charge >= 0.3 is 0 Å². The van der Waals surface area contributed by atoms with Gasteiger partial charge in [-0.05, 0) is 29.3 Å². The summed E-state index contributed by atoms with van der Waals surface area (Å²) in [5.74, 6) is 0.0361. The molecule has 0 radical (unpaired) electrons. The quantitative estimate of drug-likeness (QED) is 0.666. The summed E-state index contributed by atoms with van der Waals surface area (Å²) < 4.78 is 1.76. The van der Waals surface area contributed by atoms with Crippen LogP contribution in [0.4, 0.5) is 0 Å². The van der Waals surface area contributed by atoms with Crippen molar-refractivity contribution in [2.45, 2.75) is 13.1 Å². The zero-order valence-corrected chi connectivity index (χ0v) is 16.3. The predicted molar refractivity (Wildman–Crippen MR) is 108 cm³/mol. The summed E-state index contributed by atoms with van der Waals surface area (Å²) in [6.07, 6.45) is 7.07. The monoisotopic (exact) mass is 395 g/mol. The van der Waals surface area contributed by atoms with E-state index < -0.39 is 0 Å². The minimum absolute atomic E-state index is 0.0361. The van der Waals surface area contributed by atoms with Gasteiger partial charge in [-0.2, -0.15) is 5.10 Å². The van der Waals surface area contributed by atoms with Crippen molar-refractivity contribution in [2.75, 3.05) is 26.2 Å². The molecule has 0 unspecified atom stereocenters. The van der Waals surface area contributed by atoms with Gasteiger partial charge in [-0.25, -0.2) is 0 Å². The lowest BCUT2D eigenvalue weighted by molar-refractivity contribution is 0.0628. The zero-order valence-electron chi connectivity index (χ0n) is 15.5. The summed E-state index contributed by atoms with van der Waals surface area (Å²) in [7, 11) is 0. The maximum Gasteiger partial charge on any atom is 0.257 e. The van der Waals surface area contributed by atoms with Crippen molar-refractivity contribution >= 4 is 17.5 Å². The molecular weight excluding hydrogens is 374 g/mol. The lowest BCUT2D eigenvalue weighted by Gasteiger charge is -2.34. The summed E-state index contributed by atoms with van der Waals surface area (Å²) >= 11 is 6.21. The van der Waals surface area contributed by atoms with E-state index in [-0.39, 0.29) is 5.91 Å². The van der Waals surface area contributed by atoms with Gasteiger partial charge in [0, 0.05) is 56.3 Å². The highest BCUT2D eigenvalue weighted by Crippen LogP contribution is 2.17. The Morgan fingerprint density at radius 2 is 1.75 bits per heavy atom. The van der Waals surface area contributed by atoms with Crippen molar-refractivity contribution in [3.63, 3.8) is 0 Å². The molecule has 2 aromatic heterocycles. The molecule has 4 rings (SSSR count). The third kappa shape index (κ3) is 4.40. The Labute approximate surface area is 169 Å². The SMILES string of the molecule is O=C(c1cnn(Cc2ccccc2Cl)c1)N1CCN(Cc2ccncc2)CC1. The molecule has 3 heterocycles. The summed E-state index contributed by atoms with van der Waals surface area (Å²) in [5.41, 5.74) is 2.85. The Balaban J connectivity index is 1.33. The topological polar surface area (TPSA) is 54.3 Å². The first kappa shape index (κ1) is 18.7. The molecule has 1 aliphatic rings. The third-order valence-corrected chi connectivity index (χ3v) is 5.35. The Kier molecular flexibility index (Phi) is 5.69. The van der Waals surface area contributed by atoms with Crippen LogP contribution < -0.4 is 0 Å². The minimum Gasteiger partial charge on any atom is -0.336 e. The number of amides is 1. The molecule has 0 aliphatic carbocycles. The second-order valence-corrected chi connectivity index (χ2v) is 7.35. The maximum atomic E-state index is 12.8. The van der Waals surface area contributed by atoms with E-state index in [9.17, 15) is 4.79 Å². The van der Waals surface area contributed by atoms with E-state index in [0.717, 1.165) is 38.3 Å². The fourth-order valence-electron chi connectivity index (χ4n) is 3.40. The van der Waals surface area contributed by atoms with Gasteiger partial charge in [-0.1, -0.05) is 29.8 Å². The first-order chi connectivity index (χ1) is 13.7. The van der Waals surface area contributed by atoms with Crippen LogP contribution in [0.5, 0.6) is 0 Å². The normalized spacial score (nSPS) is 15.0. The molecule has 1 aliphatic heterocycles. The van der Waals surface area contributed by atoms with Crippen LogP contribution in [0, 0.1) is 0 Å². The minimum atomic E-state index is 0.0361. The second kappa shape index (κ2) is 8.54. The first-order valence-electron chi connectivity index (χ1n) is 9.35. The number of carbonyl (C=O) groups is 1. The molecule has 0 saturated carbocycles. The highest BCUT2D eigenvalue weighted by molar-refractivity contribution is 6.31. The van der Waals surface area contributed by atoms with Gasteiger partial charge in [0.15, 0.2) is 0 Å². The van der Waals surface area contributed by atoms with Gasteiger partial charge in [0.05, 0.1) is 18.3 Å². The molecule has 3 aromatic rings. The number of halogens is 1. The van der Waals surface area contributed by atoms with Crippen molar-refractivity contribution < 1.29 is 4.79 Å². The molecule has 0 N–H and O–H groups in total. The first-order valence-corrected chi connectivity index (χ1v) is 9.73. The van der Waals surface area contributed by atoms with Crippen LogP contribution in [0.25, 0.3) is 0 Å². The van der Waals surface area contributed by atoms with Gasteiger partial charge < -0.3 is 4.90 Å². The molecule has 1 saturated heterocycles. The summed E-state index contributed by atoms with van der Waals surface area (Å²) in [5, 5.41) is 5.04. The van der Waals surface area contributed by atoms with Crippen LogP contribution in [0.3, 0.4) is 0 Å². The number of hydrogen-bond acceptors (Lipinski definition) is 4. The summed E-state index contributed by atoms with van der Waals surface area (Å²) in [6.45, 7) is 4.61. The smallest absolute Gasteiger partial charge is 0.257 e. The molecule has 7 heteroatoms. The number of pyridine rings is 1. The molecule has 1 aromatic carbocycles. The van der Waals surface area contributed by atoms with Crippen molar-refractivity contribution in [3.8, 4) is 0 Å². The van der Waals surface area contributed by atoms with Crippen molar-refractivity contribution in [3.05, 3.63) is 82.9 Å². The zero-order chi connectivity index (χ0) is 19.3. The molecule has 1 amide bonds. The van der Waals surface area contributed by atoms with E-state index in [2.05, 4.69) is 15.0 Å². The van der Waals surface area contributed by atoms with Crippen LogP contribution in [-0.2, 0) is 13.1 Å². The fourth-order valence-corrected chi connectivity index (χ4v) is 3.60. The second-order valence-electron chi connectivity index (χ2n) is 6.94. The number of piperazine rings is 1. The van der Waals surface area contributed by atoms with Gasteiger partial charge in [-0.15, -0.1) is 0 Å². The van der Waals surface area contributed by atoms with Crippen LogP contribution >= 0.6 is 11.6 Å². The lowest BCUT2D eigenvalue weighted by atomic mass is 10.2. The van der Waals surface area contributed by atoms with Crippen LogP contribution in [0.2, 0.25) is 5.02 Å². The highest BCUT2D eigenvalue weighted by atomic mass is 35.5. The third-order valence-electron chi connectivity index (χ3n) is 4.99. The molecule has 6 nitrogen and oxygen atoms in total. The number of aromatic nitrogens is 3.